The van der Waals surface area contributed by atoms with Gasteiger partial charge in [-0.3, -0.25) is 4.99 Å². The zero-order valence-electron chi connectivity index (χ0n) is 17.3. The Kier molecular flexibility index (Phi) is 7.41. The molecule has 8 heteroatoms. The highest BCUT2D eigenvalue weighted by Gasteiger charge is 2.36. The van der Waals surface area contributed by atoms with Crippen molar-refractivity contribution in [3.8, 4) is 5.75 Å². The number of amides is 1. The number of hydrogen-bond donors (Lipinski definition) is 1. The van der Waals surface area contributed by atoms with Crippen molar-refractivity contribution in [1.29, 1.82) is 0 Å². The summed E-state index contributed by atoms with van der Waals surface area (Å²) in [7, 11) is 1.69. The molecule has 2 aliphatic heterocycles. The molecule has 0 saturated carbocycles. The summed E-state index contributed by atoms with van der Waals surface area (Å²) in [4.78, 5) is 21.0. The van der Waals surface area contributed by atoms with Crippen LogP contribution in [0, 0.1) is 6.92 Å². The minimum absolute atomic E-state index is 0. The number of guanidine groups is 1. The Morgan fingerprint density at radius 2 is 2.07 bits per heavy atom. The lowest BCUT2D eigenvalue weighted by Crippen LogP contribution is -2.57. The molecule has 2 aliphatic rings. The van der Waals surface area contributed by atoms with E-state index in [9.17, 15) is 4.79 Å². The first-order valence-electron chi connectivity index (χ1n) is 9.43. The molecule has 1 atom stereocenters. The molecule has 7 nitrogen and oxygen atoms in total. The normalized spacial score (nSPS) is 18.8. The standard InChI is InChI=1S/C20H30N4O3.HI/c1-14-6-7-15(17(10-14)26-5)11-21-18-22-12-16-13-23(8-9-24(16)18)19(25)27-20(2,3)4;/h6-7,10,16H,8-9,11-13H2,1-5H3,(H,21,22);1H. The predicted octanol–water partition coefficient (Wildman–Crippen LogP) is 3.00. The number of piperazine rings is 1. The van der Waals surface area contributed by atoms with E-state index < -0.39 is 5.60 Å². The van der Waals surface area contributed by atoms with Crippen molar-refractivity contribution in [3.05, 3.63) is 29.3 Å². The molecule has 156 valence electrons. The molecule has 1 N–H and O–H groups in total. The van der Waals surface area contributed by atoms with Gasteiger partial charge in [0.15, 0.2) is 5.96 Å². The fourth-order valence-electron chi connectivity index (χ4n) is 3.39. The van der Waals surface area contributed by atoms with Gasteiger partial charge in [-0.1, -0.05) is 12.1 Å². The third-order valence-electron chi connectivity index (χ3n) is 4.74. The Labute approximate surface area is 184 Å². The van der Waals surface area contributed by atoms with Crippen LogP contribution in [-0.4, -0.2) is 66.8 Å². The number of ether oxygens (including phenoxy) is 2. The molecule has 2 heterocycles. The van der Waals surface area contributed by atoms with E-state index >= 15 is 0 Å². The number of aliphatic imine (C=N–C) groups is 1. The Morgan fingerprint density at radius 3 is 2.75 bits per heavy atom. The highest BCUT2D eigenvalue weighted by molar-refractivity contribution is 14.0. The second-order valence-corrected chi connectivity index (χ2v) is 8.11. The monoisotopic (exact) mass is 502 g/mol. The average molecular weight is 502 g/mol. The molecule has 0 spiro atoms. The zero-order chi connectivity index (χ0) is 19.6. The van der Waals surface area contributed by atoms with Crippen molar-refractivity contribution < 1.29 is 14.3 Å². The summed E-state index contributed by atoms with van der Waals surface area (Å²) in [5, 5.41) is 3.43. The number of nitrogens with zero attached hydrogens (tertiary/aromatic N) is 3. The number of hydrogen-bond acceptors (Lipinski definition) is 6. The third-order valence-corrected chi connectivity index (χ3v) is 4.74. The van der Waals surface area contributed by atoms with Gasteiger partial charge in [0.05, 0.1) is 19.7 Å². The Bertz CT molecular complexity index is 733. The van der Waals surface area contributed by atoms with Crippen LogP contribution in [0.15, 0.2) is 23.2 Å². The van der Waals surface area contributed by atoms with E-state index in [-0.39, 0.29) is 36.1 Å². The van der Waals surface area contributed by atoms with Crippen LogP contribution in [0.25, 0.3) is 0 Å². The quantitative estimate of drug-likeness (QED) is 0.644. The summed E-state index contributed by atoms with van der Waals surface area (Å²) in [6.45, 7) is 11.1. The maximum atomic E-state index is 12.3. The highest BCUT2D eigenvalue weighted by atomic mass is 127. The molecule has 0 radical (unpaired) electrons. The maximum Gasteiger partial charge on any atom is 0.410 e. The average Bonchev–Trinajstić information content (AvgIpc) is 3.01. The molecule has 1 unspecified atom stereocenters. The van der Waals surface area contributed by atoms with Gasteiger partial charge in [0, 0.05) is 31.7 Å². The summed E-state index contributed by atoms with van der Waals surface area (Å²) in [5.41, 5.74) is 1.80. The summed E-state index contributed by atoms with van der Waals surface area (Å²) in [5.74, 6) is 1.78. The lowest BCUT2D eigenvalue weighted by atomic mass is 10.1. The molecule has 1 saturated heterocycles. The van der Waals surface area contributed by atoms with Crippen LogP contribution in [0.4, 0.5) is 4.79 Å². The Balaban J connectivity index is 0.00000280. The fraction of sp³-hybridized carbons (Fsp3) is 0.600. The molecule has 1 aromatic carbocycles. The second-order valence-electron chi connectivity index (χ2n) is 8.11. The predicted molar refractivity (Wildman–Crippen MR) is 121 cm³/mol. The van der Waals surface area contributed by atoms with Gasteiger partial charge in [-0.2, -0.15) is 0 Å². The lowest BCUT2D eigenvalue weighted by Gasteiger charge is -2.39. The number of benzene rings is 1. The summed E-state index contributed by atoms with van der Waals surface area (Å²) in [6.07, 6.45) is -0.243. The van der Waals surface area contributed by atoms with E-state index in [1.807, 2.05) is 26.8 Å². The number of halogens is 1. The second kappa shape index (κ2) is 9.19. The number of aryl methyl sites for hydroxylation is 1. The lowest BCUT2D eigenvalue weighted by molar-refractivity contribution is 0.0137. The van der Waals surface area contributed by atoms with Gasteiger partial charge in [-0.15, -0.1) is 24.0 Å². The highest BCUT2D eigenvalue weighted by Crippen LogP contribution is 2.21. The first kappa shape index (κ1) is 22.6. The molecule has 1 fully saturated rings. The summed E-state index contributed by atoms with van der Waals surface area (Å²) in [6, 6.07) is 6.40. The van der Waals surface area contributed by atoms with Gasteiger partial charge >= 0.3 is 6.09 Å². The molecule has 0 bridgehead atoms. The molecule has 0 aliphatic carbocycles. The zero-order valence-corrected chi connectivity index (χ0v) is 19.6. The van der Waals surface area contributed by atoms with E-state index in [2.05, 4.69) is 34.3 Å². The molecular formula is C20H31IN4O3. The van der Waals surface area contributed by atoms with Gasteiger partial charge in [-0.25, -0.2) is 4.79 Å². The van der Waals surface area contributed by atoms with Crippen LogP contribution in [0.5, 0.6) is 5.75 Å². The minimum atomic E-state index is -0.472. The number of methoxy groups -OCH3 is 1. The third kappa shape index (κ3) is 5.42. The van der Waals surface area contributed by atoms with Crippen molar-refractivity contribution in [2.24, 2.45) is 4.99 Å². The Morgan fingerprint density at radius 1 is 1.32 bits per heavy atom. The fourth-order valence-corrected chi connectivity index (χ4v) is 3.39. The van der Waals surface area contributed by atoms with Crippen molar-refractivity contribution in [3.63, 3.8) is 0 Å². The van der Waals surface area contributed by atoms with E-state index in [1.165, 1.54) is 5.56 Å². The van der Waals surface area contributed by atoms with Gasteiger partial charge in [-0.05, 0) is 39.3 Å². The largest absolute Gasteiger partial charge is 0.496 e. The number of carbonyl (C=O) groups is 1. The van der Waals surface area contributed by atoms with Crippen molar-refractivity contribution in [2.75, 3.05) is 33.3 Å². The summed E-state index contributed by atoms with van der Waals surface area (Å²) >= 11 is 0. The van der Waals surface area contributed by atoms with Crippen LogP contribution < -0.4 is 10.1 Å². The van der Waals surface area contributed by atoms with Gasteiger partial charge in [0.2, 0.25) is 0 Å². The maximum absolute atomic E-state index is 12.3. The Hall–Kier alpha value is -1.71. The number of rotatable bonds is 3. The minimum Gasteiger partial charge on any atom is -0.496 e. The van der Waals surface area contributed by atoms with Crippen LogP contribution in [0.2, 0.25) is 0 Å². The van der Waals surface area contributed by atoms with Crippen molar-refractivity contribution in [2.45, 2.75) is 45.9 Å². The summed E-state index contributed by atoms with van der Waals surface area (Å²) < 4.78 is 11.0. The van der Waals surface area contributed by atoms with E-state index in [4.69, 9.17) is 9.47 Å². The molecule has 1 aromatic rings. The van der Waals surface area contributed by atoms with Crippen LogP contribution >= 0.6 is 24.0 Å². The smallest absolute Gasteiger partial charge is 0.410 e. The van der Waals surface area contributed by atoms with Gasteiger partial charge in [0.1, 0.15) is 11.4 Å². The number of nitrogens with one attached hydrogen (secondary N) is 1. The number of fused-ring (bicyclic) bond motifs is 1. The number of carbonyl (C=O) groups excluding carboxylic acids is 1. The van der Waals surface area contributed by atoms with Crippen molar-refractivity contribution in [1.82, 2.24) is 15.1 Å². The first-order valence-corrected chi connectivity index (χ1v) is 9.43. The van der Waals surface area contributed by atoms with E-state index in [1.54, 1.807) is 12.0 Å². The van der Waals surface area contributed by atoms with Gasteiger partial charge in [0.25, 0.3) is 0 Å². The molecule has 3 rings (SSSR count). The van der Waals surface area contributed by atoms with Gasteiger partial charge < -0.3 is 24.6 Å². The van der Waals surface area contributed by atoms with E-state index in [0.29, 0.717) is 26.2 Å². The molecular weight excluding hydrogens is 471 g/mol. The molecule has 1 amide bonds. The molecule has 0 aromatic heterocycles. The SMILES string of the molecule is COc1cc(C)ccc1CNC1=NCC2CN(C(=O)OC(C)(C)C)CCN12.I. The molecule has 28 heavy (non-hydrogen) atoms. The first-order chi connectivity index (χ1) is 12.8. The van der Waals surface area contributed by atoms with Crippen molar-refractivity contribution >= 4 is 36.0 Å². The van der Waals surface area contributed by atoms with Crippen LogP contribution in [0.1, 0.15) is 31.9 Å². The topological polar surface area (TPSA) is 66.4 Å². The van der Waals surface area contributed by atoms with Crippen LogP contribution in [0.3, 0.4) is 0 Å². The van der Waals surface area contributed by atoms with Crippen LogP contribution in [-0.2, 0) is 11.3 Å². The van der Waals surface area contributed by atoms with E-state index in [0.717, 1.165) is 23.8 Å².